The van der Waals surface area contributed by atoms with Crippen molar-refractivity contribution in [3.8, 4) is 0 Å². The maximum atomic E-state index is 12.3. The normalized spacial score (nSPS) is 24.2. The van der Waals surface area contributed by atoms with Crippen LogP contribution in [0.3, 0.4) is 0 Å². The van der Waals surface area contributed by atoms with Crippen LogP contribution in [0.15, 0.2) is 24.3 Å². The third-order valence-electron chi connectivity index (χ3n) is 5.17. The third kappa shape index (κ3) is 3.52. The fourth-order valence-corrected chi connectivity index (χ4v) is 5.02. The molecule has 1 N–H and O–H groups in total. The molecule has 1 aromatic rings. The molecule has 2 amide bonds. The van der Waals surface area contributed by atoms with Gasteiger partial charge in [0.25, 0.3) is 0 Å². The molecule has 23 heavy (non-hydrogen) atoms. The van der Waals surface area contributed by atoms with Crippen molar-refractivity contribution in [1.82, 2.24) is 10.2 Å². The number of hydrogen-bond acceptors (Lipinski definition) is 3. The lowest BCUT2D eigenvalue weighted by Gasteiger charge is -2.25. The van der Waals surface area contributed by atoms with Gasteiger partial charge in [0.15, 0.2) is 9.84 Å². The number of hydrogen-bond donors (Lipinski definition) is 1. The van der Waals surface area contributed by atoms with Gasteiger partial charge in [-0.15, -0.1) is 0 Å². The van der Waals surface area contributed by atoms with Gasteiger partial charge in [-0.3, -0.25) is 0 Å². The largest absolute Gasteiger partial charge is 0.337 e. The number of carbonyl (C=O) groups is 1. The SMILES string of the molecule is Cc1ccc(C2(CNC(=O)N(C)C3CCS(=O)(=O)C3)CC2)cc1. The predicted octanol–water partition coefficient (Wildman–Crippen LogP) is 1.86. The van der Waals surface area contributed by atoms with Gasteiger partial charge in [-0.25, -0.2) is 13.2 Å². The molecule has 2 fully saturated rings. The van der Waals surface area contributed by atoms with Crippen LogP contribution in [0.5, 0.6) is 0 Å². The molecule has 0 radical (unpaired) electrons. The molecular weight excluding hydrogens is 312 g/mol. The van der Waals surface area contributed by atoms with E-state index in [0.717, 1.165) is 12.8 Å². The maximum absolute atomic E-state index is 12.3. The van der Waals surface area contributed by atoms with E-state index in [-0.39, 0.29) is 29.0 Å². The van der Waals surface area contributed by atoms with E-state index in [1.807, 2.05) is 0 Å². The zero-order valence-electron chi connectivity index (χ0n) is 13.7. The first-order chi connectivity index (χ1) is 10.8. The summed E-state index contributed by atoms with van der Waals surface area (Å²) in [5.41, 5.74) is 2.57. The molecule has 0 aromatic heterocycles. The Labute approximate surface area is 138 Å². The number of amides is 2. The standard InChI is InChI=1S/C17H24N2O3S/c1-13-3-5-14(6-4-13)17(8-9-17)12-18-16(20)19(2)15-7-10-23(21,22)11-15/h3-6,15H,7-12H2,1-2H3,(H,18,20). The minimum absolute atomic E-state index is 0.0615. The molecular formula is C17H24N2O3S. The lowest BCUT2D eigenvalue weighted by molar-refractivity contribution is 0.194. The van der Waals surface area contributed by atoms with Gasteiger partial charge in [0, 0.05) is 25.0 Å². The van der Waals surface area contributed by atoms with Crippen molar-refractivity contribution >= 4 is 15.9 Å². The topological polar surface area (TPSA) is 66.5 Å². The first-order valence-electron chi connectivity index (χ1n) is 8.10. The zero-order chi connectivity index (χ0) is 16.7. The summed E-state index contributed by atoms with van der Waals surface area (Å²) in [5, 5.41) is 2.99. The number of nitrogens with one attached hydrogen (secondary N) is 1. The molecule has 3 rings (SSSR count). The molecule has 1 aromatic carbocycles. The highest BCUT2D eigenvalue weighted by Crippen LogP contribution is 2.47. The lowest BCUT2D eigenvalue weighted by Crippen LogP contribution is -2.46. The molecule has 1 saturated carbocycles. The van der Waals surface area contributed by atoms with Crippen LogP contribution in [0, 0.1) is 6.92 Å². The van der Waals surface area contributed by atoms with Crippen molar-refractivity contribution in [2.45, 2.75) is 37.6 Å². The van der Waals surface area contributed by atoms with Gasteiger partial charge in [-0.1, -0.05) is 29.8 Å². The number of sulfone groups is 1. The summed E-state index contributed by atoms with van der Waals surface area (Å²) < 4.78 is 23.1. The molecule has 0 spiro atoms. The summed E-state index contributed by atoms with van der Waals surface area (Å²) in [6, 6.07) is 8.11. The minimum Gasteiger partial charge on any atom is -0.337 e. The fraction of sp³-hybridized carbons (Fsp3) is 0.588. The fourth-order valence-electron chi connectivity index (χ4n) is 3.24. The Balaban J connectivity index is 1.58. The van der Waals surface area contributed by atoms with Crippen LogP contribution >= 0.6 is 0 Å². The molecule has 126 valence electrons. The van der Waals surface area contributed by atoms with E-state index < -0.39 is 9.84 Å². The molecule has 1 aliphatic carbocycles. The second-order valence-corrected chi connectivity index (χ2v) is 9.20. The molecule has 1 unspecified atom stereocenters. The minimum atomic E-state index is -2.97. The van der Waals surface area contributed by atoms with E-state index in [4.69, 9.17) is 0 Å². The average molecular weight is 336 g/mol. The highest BCUT2D eigenvalue weighted by atomic mass is 32.2. The monoisotopic (exact) mass is 336 g/mol. The van der Waals surface area contributed by atoms with E-state index in [1.54, 1.807) is 11.9 Å². The predicted molar refractivity (Wildman–Crippen MR) is 90.3 cm³/mol. The number of nitrogens with zero attached hydrogens (tertiary/aromatic N) is 1. The van der Waals surface area contributed by atoms with Crippen molar-refractivity contribution in [1.29, 1.82) is 0 Å². The van der Waals surface area contributed by atoms with Gasteiger partial charge < -0.3 is 10.2 Å². The van der Waals surface area contributed by atoms with Gasteiger partial charge in [-0.05, 0) is 31.7 Å². The van der Waals surface area contributed by atoms with Gasteiger partial charge in [0.2, 0.25) is 0 Å². The van der Waals surface area contributed by atoms with E-state index >= 15 is 0 Å². The van der Waals surface area contributed by atoms with Gasteiger partial charge in [0.1, 0.15) is 0 Å². The quantitative estimate of drug-likeness (QED) is 0.912. The molecule has 1 heterocycles. The van der Waals surface area contributed by atoms with E-state index in [1.165, 1.54) is 11.1 Å². The molecule has 0 bridgehead atoms. The summed E-state index contributed by atoms with van der Waals surface area (Å²) in [5.74, 6) is 0.266. The van der Waals surface area contributed by atoms with Crippen molar-refractivity contribution in [3.63, 3.8) is 0 Å². The van der Waals surface area contributed by atoms with Crippen LogP contribution in [0.1, 0.15) is 30.4 Å². The van der Waals surface area contributed by atoms with Crippen molar-refractivity contribution in [3.05, 3.63) is 35.4 Å². The van der Waals surface area contributed by atoms with Crippen LogP contribution in [0.2, 0.25) is 0 Å². The Bertz CT molecular complexity index is 693. The van der Waals surface area contributed by atoms with E-state index in [9.17, 15) is 13.2 Å². The van der Waals surface area contributed by atoms with Gasteiger partial charge >= 0.3 is 6.03 Å². The molecule has 1 atom stereocenters. The zero-order valence-corrected chi connectivity index (χ0v) is 14.5. The van der Waals surface area contributed by atoms with Gasteiger partial charge in [0.05, 0.1) is 11.5 Å². The summed E-state index contributed by atoms with van der Waals surface area (Å²) in [7, 11) is -1.29. The smallest absolute Gasteiger partial charge is 0.317 e. The van der Waals surface area contributed by atoms with Crippen LogP contribution in [0.4, 0.5) is 4.79 Å². The van der Waals surface area contributed by atoms with Gasteiger partial charge in [-0.2, -0.15) is 0 Å². The van der Waals surface area contributed by atoms with E-state index in [0.29, 0.717) is 13.0 Å². The summed E-state index contributed by atoms with van der Waals surface area (Å²) in [4.78, 5) is 13.9. The molecule has 1 saturated heterocycles. The second kappa shape index (κ2) is 5.82. The van der Waals surface area contributed by atoms with Crippen molar-refractivity contribution in [2.24, 2.45) is 0 Å². The number of urea groups is 1. The first kappa shape index (κ1) is 16.3. The highest BCUT2D eigenvalue weighted by Gasteiger charge is 2.44. The highest BCUT2D eigenvalue weighted by molar-refractivity contribution is 7.91. The maximum Gasteiger partial charge on any atom is 0.317 e. The van der Waals surface area contributed by atoms with Crippen LogP contribution < -0.4 is 5.32 Å². The Morgan fingerprint density at radius 1 is 1.30 bits per heavy atom. The summed E-state index contributed by atoms with van der Waals surface area (Å²) >= 11 is 0. The average Bonchev–Trinajstić information content (AvgIpc) is 3.22. The van der Waals surface area contributed by atoms with E-state index in [2.05, 4.69) is 36.5 Å². The second-order valence-electron chi connectivity index (χ2n) is 6.97. The Kier molecular flexibility index (Phi) is 4.12. The number of carbonyl (C=O) groups excluding carboxylic acids is 1. The summed E-state index contributed by atoms with van der Waals surface area (Å²) in [6.07, 6.45) is 2.70. The van der Waals surface area contributed by atoms with Crippen LogP contribution in [0.25, 0.3) is 0 Å². The third-order valence-corrected chi connectivity index (χ3v) is 6.92. The molecule has 1 aliphatic heterocycles. The Morgan fingerprint density at radius 3 is 2.48 bits per heavy atom. The number of rotatable bonds is 4. The summed E-state index contributed by atoms with van der Waals surface area (Å²) in [6.45, 7) is 2.68. The Morgan fingerprint density at radius 2 is 1.96 bits per heavy atom. The first-order valence-corrected chi connectivity index (χ1v) is 9.92. The molecule has 5 nitrogen and oxygen atoms in total. The van der Waals surface area contributed by atoms with Crippen molar-refractivity contribution in [2.75, 3.05) is 25.1 Å². The molecule has 6 heteroatoms. The Hall–Kier alpha value is -1.56. The van der Waals surface area contributed by atoms with Crippen LogP contribution in [-0.2, 0) is 15.3 Å². The number of benzene rings is 1. The molecule has 2 aliphatic rings. The lowest BCUT2D eigenvalue weighted by atomic mass is 9.95. The number of aryl methyl sites for hydroxylation is 1. The van der Waals surface area contributed by atoms with Crippen molar-refractivity contribution < 1.29 is 13.2 Å². The van der Waals surface area contributed by atoms with Crippen LogP contribution in [-0.4, -0.2) is 50.5 Å².